The number of amides is 2. The van der Waals surface area contributed by atoms with Gasteiger partial charge in [-0.05, 0) is 152 Å². The van der Waals surface area contributed by atoms with E-state index in [1.807, 2.05) is 0 Å². The number of nitrogens with one attached hydrogen (secondary N) is 2. The zero-order valence-electron chi connectivity index (χ0n) is 41.5. The molecule has 7 N–H and O–H groups in total. The maximum Gasteiger partial charge on any atom is 0.303 e. The van der Waals surface area contributed by atoms with Gasteiger partial charge in [-0.1, -0.05) is 18.7 Å². The maximum atomic E-state index is 13.2. The van der Waals surface area contributed by atoms with Gasteiger partial charge in [0, 0.05) is 41.2 Å². The highest BCUT2D eigenvalue weighted by molar-refractivity contribution is 7.90. The second-order valence-electron chi connectivity index (χ2n) is 17.3. The molecule has 0 saturated heterocycles. The quantitative estimate of drug-likeness (QED) is 0.0229. The summed E-state index contributed by atoms with van der Waals surface area (Å²) in [7, 11) is -14.0. The van der Waals surface area contributed by atoms with E-state index >= 15 is 0 Å². The Hall–Kier alpha value is -8.40. The number of rotatable bonds is 19. The van der Waals surface area contributed by atoms with E-state index in [4.69, 9.17) is 14.4 Å². The third kappa shape index (κ3) is 16.5. The Kier molecular flexibility index (Phi) is 18.4. The molecule has 6 rings (SSSR count). The molecule has 0 radical (unpaired) electrons. The molecule has 0 unspecified atom stereocenters. The number of aliphatic carboxylic acids is 1. The molecule has 0 fully saturated rings. The van der Waals surface area contributed by atoms with Crippen molar-refractivity contribution in [3.63, 3.8) is 0 Å². The summed E-state index contributed by atoms with van der Waals surface area (Å²) in [6.07, 6.45) is 4.10. The number of azo groups is 3. The first kappa shape index (κ1) is 57.9. The van der Waals surface area contributed by atoms with Crippen LogP contribution in [0.1, 0.15) is 58.3 Å². The predicted octanol–water partition coefficient (Wildman–Crippen LogP) is 11.1. The fourth-order valence-electron chi connectivity index (χ4n) is 7.16. The summed E-state index contributed by atoms with van der Waals surface area (Å²) in [5.41, 5.74) is 4.55. The standard InChI is InChI=1S/C51H50N8O15S3/c1-29-20-37(53-51(64)34-10-13-36(14-11-34)52-48(61)16-17-49(62)63)8-6-9-45(60)50(47(21-29)77(71,72)73)59-58-44-25-32(4)43(24-33(44)5)57-56-42-23-30(2)41(22-31(42)3)55-54-38-15-12-35-26-39(76(68,69)70)28-46(40(35)27-38)74-18-7-19-75(65,66)67/h6,8,10-15,20-28,60H,1,7,9,16-19H2,2-5H3,(H,52,61)(H,53,64)(H,62,63)(H,65,66,67)(H,68,69,70)(H,71,72,73)/b8-6-,37-20+,47-21?,50-45-,55-54?,57-56?,59-58?. The first-order valence-electron chi connectivity index (χ1n) is 22.9. The summed E-state index contributed by atoms with van der Waals surface area (Å²) in [5, 5.41) is 51.9. The first-order chi connectivity index (χ1) is 36.1. The molecular formula is C51H50N8O15S3. The third-order valence-corrected chi connectivity index (χ3v) is 13.6. The normalized spacial score (nSPS) is 15.9. The van der Waals surface area contributed by atoms with E-state index in [0.29, 0.717) is 61.5 Å². The topological polar surface area (TPSA) is 362 Å². The van der Waals surface area contributed by atoms with E-state index in [0.717, 1.165) is 12.1 Å². The lowest BCUT2D eigenvalue weighted by Gasteiger charge is -2.12. The van der Waals surface area contributed by atoms with Crippen molar-refractivity contribution in [3.05, 3.63) is 165 Å². The number of fused-ring (bicyclic) bond motifs is 1. The van der Waals surface area contributed by atoms with Gasteiger partial charge >= 0.3 is 5.97 Å². The molecule has 0 aliphatic heterocycles. The molecule has 5 aromatic carbocycles. The van der Waals surface area contributed by atoms with Crippen LogP contribution < -0.4 is 15.4 Å². The van der Waals surface area contributed by atoms with E-state index in [2.05, 4.69) is 47.9 Å². The van der Waals surface area contributed by atoms with Gasteiger partial charge in [0.15, 0.2) is 0 Å². The molecule has 402 valence electrons. The first-order valence-corrected chi connectivity index (χ1v) is 27.4. The highest BCUT2D eigenvalue weighted by Gasteiger charge is 2.24. The lowest BCUT2D eigenvalue weighted by Crippen LogP contribution is -2.22. The van der Waals surface area contributed by atoms with Gasteiger partial charge in [0.2, 0.25) is 5.91 Å². The molecule has 23 nitrogen and oxygen atoms in total. The lowest BCUT2D eigenvalue weighted by atomic mass is 10.1. The van der Waals surface area contributed by atoms with Crippen LogP contribution in [0.25, 0.3) is 10.8 Å². The molecule has 26 heteroatoms. The van der Waals surface area contributed by atoms with Gasteiger partial charge < -0.3 is 25.6 Å². The number of nitrogens with zero attached hydrogens (tertiary/aromatic N) is 6. The highest BCUT2D eigenvalue weighted by atomic mass is 32.2. The number of carbonyl (C=O) groups excluding carboxylic acids is 2. The van der Waals surface area contributed by atoms with Gasteiger partial charge in [-0.3, -0.25) is 28.0 Å². The lowest BCUT2D eigenvalue weighted by molar-refractivity contribution is -0.138. The predicted molar refractivity (Wildman–Crippen MR) is 285 cm³/mol. The highest BCUT2D eigenvalue weighted by Crippen LogP contribution is 2.37. The molecule has 1 aliphatic carbocycles. The summed E-state index contributed by atoms with van der Waals surface area (Å²) in [5.74, 6) is -3.41. The average molecular weight is 1110 g/mol. The van der Waals surface area contributed by atoms with Gasteiger partial charge in [-0.2, -0.15) is 50.8 Å². The van der Waals surface area contributed by atoms with Crippen LogP contribution in [-0.2, 0) is 39.9 Å². The number of aliphatic hydroxyl groups is 1. The second kappa shape index (κ2) is 24.5. The van der Waals surface area contributed by atoms with Crippen molar-refractivity contribution < 1.29 is 68.2 Å². The van der Waals surface area contributed by atoms with Crippen LogP contribution >= 0.6 is 0 Å². The number of allylic oxidation sites excluding steroid dienone is 5. The molecule has 0 aromatic heterocycles. The van der Waals surface area contributed by atoms with Crippen molar-refractivity contribution in [2.24, 2.45) is 30.7 Å². The number of hydrogen-bond donors (Lipinski definition) is 7. The molecule has 77 heavy (non-hydrogen) atoms. The SMILES string of the molecule is C=C1C=C(S(=O)(=O)O)/C(N=Nc2cc(C)c(N=Nc3cc(C)c(N=Nc4ccc5cc(S(=O)(=O)O)cc(OCCCS(=O)(=O)O)c5c4)cc3C)cc2C)=C(/O)C/C=C\C(NC(=O)c2ccc(NC(=O)CCC(=O)O)cc2)=C/1. The summed E-state index contributed by atoms with van der Waals surface area (Å²) in [6, 6.07) is 19.5. The Bertz CT molecular complexity index is 3790. The minimum absolute atomic E-state index is 0.0209. The molecule has 0 bridgehead atoms. The number of carbonyl (C=O) groups is 3. The Balaban J connectivity index is 1.16. The second-order valence-corrected chi connectivity index (χ2v) is 21.7. The van der Waals surface area contributed by atoms with Gasteiger partial charge in [0.25, 0.3) is 36.3 Å². The fourth-order valence-corrected chi connectivity index (χ4v) is 8.88. The van der Waals surface area contributed by atoms with Crippen molar-refractivity contribution in [2.45, 2.75) is 58.3 Å². The minimum atomic E-state index is -5.08. The fraction of sp³-hybridized carbons (Fsp3) is 0.196. The van der Waals surface area contributed by atoms with Crippen LogP contribution in [0.15, 0.2) is 173 Å². The summed E-state index contributed by atoms with van der Waals surface area (Å²) in [4.78, 5) is 34.6. The zero-order chi connectivity index (χ0) is 56.4. The molecule has 0 saturated carbocycles. The summed E-state index contributed by atoms with van der Waals surface area (Å²) < 4.78 is 107. The largest absolute Gasteiger partial charge is 0.510 e. The number of hydrogen-bond acceptors (Lipinski definition) is 17. The summed E-state index contributed by atoms with van der Waals surface area (Å²) in [6.45, 7) is 10.6. The number of aryl methyl sites for hydroxylation is 4. The van der Waals surface area contributed by atoms with Crippen LogP contribution in [-0.4, -0.2) is 79.3 Å². The van der Waals surface area contributed by atoms with E-state index in [9.17, 15) is 53.8 Å². The summed E-state index contributed by atoms with van der Waals surface area (Å²) >= 11 is 0. The van der Waals surface area contributed by atoms with Crippen LogP contribution in [0.4, 0.5) is 34.1 Å². The van der Waals surface area contributed by atoms with Crippen LogP contribution in [0.5, 0.6) is 5.75 Å². The number of benzene rings is 5. The Morgan fingerprint density at radius 1 is 0.675 bits per heavy atom. The number of ether oxygens (including phenoxy) is 1. The van der Waals surface area contributed by atoms with Crippen LogP contribution in [0.3, 0.4) is 0 Å². The Morgan fingerprint density at radius 2 is 1.25 bits per heavy atom. The zero-order valence-corrected chi connectivity index (χ0v) is 43.9. The van der Waals surface area contributed by atoms with Crippen molar-refractivity contribution >= 4 is 93.0 Å². The number of anilines is 1. The van der Waals surface area contributed by atoms with Crippen molar-refractivity contribution in [1.29, 1.82) is 0 Å². The number of aliphatic hydroxyl groups excluding tert-OH is 1. The van der Waals surface area contributed by atoms with Gasteiger partial charge in [0.1, 0.15) is 22.1 Å². The monoisotopic (exact) mass is 1110 g/mol. The average Bonchev–Trinajstić information content (AvgIpc) is 3.35. The van der Waals surface area contributed by atoms with E-state index in [-0.39, 0.29) is 60.6 Å². The molecule has 5 aromatic rings. The van der Waals surface area contributed by atoms with Gasteiger partial charge in [0.05, 0.1) is 52.1 Å². The number of carboxylic acids is 1. The molecule has 0 spiro atoms. The maximum absolute atomic E-state index is 13.2. The van der Waals surface area contributed by atoms with Crippen molar-refractivity contribution in [3.8, 4) is 5.75 Å². The Labute approximate surface area is 442 Å². The molecule has 2 amide bonds. The van der Waals surface area contributed by atoms with Crippen LogP contribution in [0, 0.1) is 27.7 Å². The molecule has 1 aliphatic rings. The van der Waals surface area contributed by atoms with Crippen LogP contribution in [0.2, 0.25) is 0 Å². The molecular weight excluding hydrogens is 1060 g/mol. The smallest absolute Gasteiger partial charge is 0.303 e. The third-order valence-electron chi connectivity index (χ3n) is 11.1. The van der Waals surface area contributed by atoms with Crippen molar-refractivity contribution in [2.75, 3.05) is 17.7 Å². The number of carboxylic acid groups (broad SMARTS) is 1. The van der Waals surface area contributed by atoms with E-state index in [1.54, 1.807) is 70.2 Å². The Morgan fingerprint density at radius 3 is 1.79 bits per heavy atom. The van der Waals surface area contributed by atoms with Gasteiger partial charge in [-0.25, -0.2) is 0 Å². The van der Waals surface area contributed by atoms with Crippen molar-refractivity contribution in [1.82, 2.24) is 5.32 Å². The van der Waals surface area contributed by atoms with E-state index < -0.39 is 75.1 Å². The van der Waals surface area contributed by atoms with E-state index in [1.165, 1.54) is 48.6 Å². The minimum Gasteiger partial charge on any atom is -0.510 e. The van der Waals surface area contributed by atoms with Gasteiger partial charge in [-0.15, -0.1) is 5.11 Å². The molecule has 0 heterocycles. The molecule has 0 atom stereocenters.